The van der Waals surface area contributed by atoms with Gasteiger partial charge in [-0.05, 0) is 40.0 Å². The molecule has 0 bridgehead atoms. The zero-order valence-corrected chi connectivity index (χ0v) is 10.1. The van der Waals surface area contributed by atoms with Crippen LogP contribution in [0.4, 0.5) is 4.79 Å². The summed E-state index contributed by atoms with van der Waals surface area (Å²) in [6.45, 7) is 6.06. The van der Waals surface area contributed by atoms with E-state index >= 15 is 0 Å². The smallest absolute Gasteiger partial charge is 0.408 e. The SMILES string of the molecule is CC(C)(C)N(C(=O)O)[C@H]1CCCCNC1=O. The maximum absolute atomic E-state index is 11.8. The summed E-state index contributed by atoms with van der Waals surface area (Å²) < 4.78 is 0. The first-order valence-corrected chi connectivity index (χ1v) is 5.64. The highest BCUT2D eigenvalue weighted by Gasteiger charge is 2.37. The average molecular weight is 228 g/mol. The zero-order valence-electron chi connectivity index (χ0n) is 10.1. The van der Waals surface area contributed by atoms with Gasteiger partial charge in [0.2, 0.25) is 5.91 Å². The Labute approximate surface area is 95.8 Å². The molecule has 1 heterocycles. The maximum atomic E-state index is 11.8. The summed E-state index contributed by atoms with van der Waals surface area (Å²) in [6, 6.07) is -0.556. The summed E-state index contributed by atoms with van der Waals surface area (Å²) >= 11 is 0. The van der Waals surface area contributed by atoms with Crippen LogP contribution in [-0.2, 0) is 4.79 Å². The molecule has 0 aromatic rings. The molecule has 0 unspecified atom stereocenters. The molecule has 1 atom stereocenters. The summed E-state index contributed by atoms with van der Waals surface area (Å²) in [5.74, 6) is -0.171. The minimum Gasteiger partial charge on any atom is -0.465 e. The molecule has 0 aromatic carbocycles. The van der Waals surface area contributed by atoms with Crippen LogP contribution >= 0.6 is 0 Å². The van der Waals surface area contributed by atoms with E-state index < -0.39 is 17.7 Å². The van der Waals surface area contributed by atoms with Gasteiger partial charge in [-0.15, -0.1) is 0 Å². The number of amides is 2. The Morgan fingerprint density at radius 3 is 2.56 bits per heavy atom. The standard InChI is InChI=1S/C11H20N2O3/c1-11(2,3)13(10(15)16)8-6-4-5-7-12-9(8)14/h8H,4-7H2,1-3H3,(H,12,14)(H,15,16)/t8-/m0/s1. The van der Waals surface area contributed by atoms with Crippen molar-refractivity contribution in [1.82, 2.24) is 10.2 Å². The highest BCUT2D eigenvalue weighted by molar-refractivity contribution is 5.85. The molecule has 0 spiro atoms. The minimum atomic E-state index is -1.03. The highest BCUT2D eigenvalue weighted by Crippen LogP contribution is 2.22. The molecule has 5 heteroatoms. The third kappa shape index (κ3) is 2.87. The van der Waals surface area contributed by atoms with Crippen LogP contribution in [0.15, 0.2) is 0 Å². The number of hydrogen-bond donors (Lipinski definition) is 2. The van der Waals surface area contributed by atoms with E-state index in [1.54, 1.807) is 20.8 Å². The third-order valence-corrected chi connectivity index (χ3v) is 2.75. The fraction of sp³-hybridized carbons (Fsp3) is 0.818. The van der Waals surface area contributed by atoms with Gasteiger partial charge in [0, 0.05) is 12.1 Å². The lowest BCUT2D eigenvalue weighted by Gasteiger charge is -2.38. The van der Waals surface area contributed by atoms with Gasteiger partial charge in [0.05, 0.1) is 0 Å². The maximum Gasteiger partial charge on any atom is 0.408 e. The predicted octanol–water partition coefficient (Wildman–Crippen LogP) is 1.43. The fourth-order valence-electron chi connectivity index (χ4n) is 2.06. The van der Waals surface area contributed by atoms with Crippen LogP contribution in [0.5, 0.6) is 0 Å². The monoisotopic (exact) mass is 228 g/mol. The molecule has 16 heavy (non-hydrogen) atoms. The summed E-state index contributed by atoms with van der Waals surface area (Å²) in [5, 5.41) is 12.0. The van der Waals surface area contributed by atoms with Gasteiger partial charge < -0.3 is 10.4 Å². The lowest BCUT2D eigenvalue weighted by atomic mass is 10.0. The van der Waals surface area contributed by atoms with E-state index in [1.807, 2.05) is 0 Å². The van der Waals surface area contributed by atoms with E-state index in [4.69, 9.17) is 0 Å². The largest absolute Gasteiger partial charge is 0.465 e. The Morgan fingerprint density at radius 2 is 2.06 bits per heavy atom. The second kappa shape index (κ2) is 4.72. The molecule has 1 rings (SSSR count). The van der Waals surface area contributed by atoms with Crippen LogP contribution in [0.3, 0.4) is 0 Å². The van der Waals surface area contributed by atoms with Gasteiger partial charge >= 0.3 is 6.09 Å². The van der Waals surface area contributed by atoms with E-state index in [-0.39, 0.29) is 5.91 Å². The van der Waals surface area contributed by atoms with Gasteiger partial charge in [-0.25, -0.2) is 4.79 Å². The molecule has 5 nitrogen and oxygen atoms in total. The van der Waals surface area contributed by atoms with Crippen LogP contribution in [0.25, 0.3) is 0 Å². The molecule has 1 fully saturated rings. The van der Waals surface area contributed by atoms with Crippen LogP contribution in [-0.4, -0.2) is 40.1 Å². The second-order valence-electron chi connectivity index (χ2n) is 5.13. The Hall–Kier alpha value is -1.26. The van der Waals surface area contributed by atoms with Gasteiger partial charge in [-0.1, -0.05) is 0 Å². The normalized spacial score (nSPS) is 22.2. The summed E-state index contributed by atoms with van der Waals surface area (Å²) in [7, 11) is 0. The molecule has 2 amide bonds. The summed E-state index contributed by atoms with van der Waals surface area (Å²) in [6.07, 6.45) is 1.37. The molecule has 1 aliphatic heterocycles. The molecule has 2 N–H and O–H groups in total. The van der Waals surface area contributed by atoms with E-state index in [9.17, 15) is 14.7 Å². The van der Waals surface area contributed by atoms with Crippen molar-refractivity contribution in [3.05, 3.63) is 0 Å². The van der Waals surface area contributed by atoms with Crippen LogP contribution in [0.1, 0.15) is 40.0 Å². The molecular weight excluding hydrogens is 208 g/mol. The second-order valence-corrected chi connectivity index (χ2v) is 5.13. The average Bonchev–Trinajstić information content (AvgIpc) is 2.29. The summed E-state index contributed by atoms with van der Waals surface area (Å²) in [5.41, 5.74) is -0.557. The number of carbonyl (C=O) groups is 2. The Balaban J connectivity index is 2.92. The van der Waals surface area contributed by atoms with Gasteiger partial charge in [-0.2, -0.15) is 0 Å². The fourth-order valence-corrected chi connectivity index (χ4v) is 2.06. The molecule has 92 valence electrons. The number of carbonyl (C=O) groups excluding carboxylic acids is 1. The van der Waals surface area contributed by atoms with Crippen molar-refractivity contribution in [2.24, 2.45) is 0 Å². The highest BCUT2D eigenvalue weighted by atomic mass is 16.4. The Morgan fingerprint density at radius 1 is 1.44 bits per heavy atom. The van der Waals surface area contributed by atoms with Crippen molar-refractivity contribution in [3.8, 4) is 0 Å². The number of rotatable bonds is 1. The van der Waals surface area contributed by atoms with Crippen LogP contribution in [0, 0.1) is 0 Å². The van der Waals surface area contributed by atoms with Crippen molar-refractivity contribution in [2.75, 3.05) is 6.54 Å². The van der Waals surface area contributed by atoms with Crippen molar-refractivity contribution in [3.63, 3.8) is 0 Å². The van der Waals surface area contributed by atoms with E-state index in [2.05, 4.69) is 5.32 Å². The topological polar surface area (TPSA) is 69.6 Å². The zero-order chi connectivity index (χ0) is 12.3. The summed E-state index contributed by atoms with van der Waals surface area (Å²) in [4.78, 5) is 24.3. The van der Waals surface area contributed by atoms with Crippen molar-refractivity contribution in [1.29, 1.82) is 0 Å². The minimum absolute atomic E-state index is 0.171. The molecule has 0 aliphatic carbocycles. The van der Waals surface area contributed by atoms with Crippen molar-refractivity contribution >= 4 is 12.0 Å². The van der Waals surface area contributed by atoms with E-state index in [0.29, 0.717) is 13.0 Å². The lowest BCUT2D eigenvalue weighted by Crippen LogP contribution is -2.56. The van der Waals surface area contributed by atoms with E-state index in [1.165, 1.54) is 4.90 Å². The number of hydrogen-bond acceptors (Lipinski definition) is 2. The van der Waals surface area contributed by atoms with Crippen molar-refractivity contribution < 1.29 is 14.7 Å². The van der Waals surface area contributed by atoms with Gasteiger partial charge in [0.1, 0.15) is 6.04 Å². The van der Waals surface area contributed by atoms with Gasteiger partial charge in [0.15, 0.2) is 0 Å². The molecule has 0 saturated carbocycles. The first kappa shape index (κ1) is 12.8. The third-order valence-electron chi connectivity index (χ3n) is 2.75. The first-order valence-electron chi connectivity index (χ1n) is 5.64. The number of carboxylic acid groups (broad SMARTS) is 1. The van der Waals surface area contributed by atoms with Crippen LogP contribution < -0.4 is 5.32 Å². The van der Waals surface area contributed by atoms with E-state index in [0.717, 1.165) is 12.8 Å². The molecule has 0 aromatic heterocycles. The molecular formula is C11H20N2O3. The Kier molecular flexibility index (Phi) is 3.78. The number of nitrogens with one attached hydrogen (secondary N) is 1. The molecule has 1 aliphatic rings. The lowest BCUT2D eigenvalue weighted by molar-refractivity contribution is -0.127. The van der Waals surface area contributed by atoms with Gasteiger partial charge in [0.25, 0.3) is 0 Å². The van der Waals surface area contributed by atoms with Gasteiger partial charge in [-0.3, -0.25) is 9.69 Å². The quantitative estimate of drug-likeness (QED) is 0.713. The van der Waals surface area contributed by atoms with Crippen LogP contribution in [0.2, 0.25) is 0 Å². The first-order chi connectivity index (χ1) is 7.34. The Bertz CT molecular complexity index is 283. The predicted molar refractivity (Wildman–Crippen MR) is 60.3 cm³/mol. The molecule has 1 saturated heterocycles. The number of nitrogens with zero attached hydrogens (tertiary/aromatic N) is 1. The van der Waals surface area contributed by atoms with Crippen molar-refractivity contribution in [2.45, 2.75) is 51.6 Å². The molecule has 0 radical (unpaired) electrons.